The number of imidazole rings is 1. The van der Waals surface area contributed by atoms with Gasteiger partial charge in [0, 0.05) is 6.20 Å². The molecular weight excluding hydrogens is 232 g/mol. The maximum absolute atomic E-state index is 10.0. The summed E-state index contributed by atoms with van der Waals surface area (Å²) in [5.74, 6) is 0.361. The number of hydrogen-bond acceptors (Lipinski definition) is 5. The molecule has 0 aromatic carbocycles. The predicted molar refractivity (Wildman–Crippen MR) is 66.7 cm³/mol. The van der Waals surface area contributed by atoms with Gasteiger partial charge < -0.3 is 20.5 Å². The molecule has 0 bridgehead atoms. The van der Waals surface area contributed by atoms with Gasteiger partial charge in [-0.2, -0.15) is 0 Å². The first-order valence-electron chi connectivity index (χ1n) is 5.71. The SMILES string of the molecule is CC1=C[C@@H](n2cnc3c(N)nccc32)[C@H](O)[C@@H]1O. The van der Waals surface area contributed by atoms with E-state index >= 15 is 0 Å². The van der Waals surface area contributed by atoms with E-state index in [1.54, 1.807) is 30.1 Å². The third-order valence-electron chi connectivity index (χ3n) is 3.42. The van der Waals surface area contributed by atoms with Crippen LogP contribution in [0.1, 0.15) is 13.0 Å². The normalized spacial score (nSPS) is 27.7. The van der Waals surface area contributed by atoms with Gasteiger partial charge in [-0.15, -0.1) is 0 Å². The van der Waals surface area contributed by atoms with Crippen LogP contribution in [0.25, 0.3) is 11.0 Å². The third kappa shape index (κ3) is 1.43. The van der Waals surface area contributed by atoms with Crippen molar-refractivity contribution < 1.29 is 10.2 Å². The van der Waals surface area contributed by atoms with E-state index in [1.165, 1.54) is 0 Å². The van der Waals surface area contributed by atoms with E-state index in [9.17, 15) is 10.2 Å². The summed E-state index contributed by atoms with van der Waals surface area (Å²) in [6.45, 7) is 1.79. The fraction of sp³-hybridized carbons (Fsp3) is 0.333. The fourth-order valence-corrected chi connectivity index (χ4v) is 2.39. The molecule has 0 aliphatic heterocycles. The molecule has 1 aliphatic rings. The lowest BCUT2D eigenvalue weighted by Crippen LogP contribution is -2.28. The van der Waals surface area contributed by atoms with Crippen LogP contribution in [0.4, 0.5) is 5.82 Å². The van der Waals surface area contributed by atoms with Gasteiger partial charge in [0.05, 0.1) is 17.9 Å². The minimum atomic E-state index is -0.864. The van der Waals surface area contributed by atoms with E-state index in [1.807, 2.05) is 6.08 Å². The molecule has 4 N–H and O–H groups in total. The van der Waals surface area contributed by atoms with E-state index in [-0.39, 0.29) is 6.04 Å². The molecule has 0 fully saturated rings. The highest BCUT2D eigenvalue weighted by molar-refractivity contribution is 5.84. The molecule has 2 heterocycles. The zero-order chi connectivity index (χ0) is 12.9. The lowest BCUT2D eigenvalue weighted by atomic mass is 10.1. The van der Waals surface area contributed by atoms with Gasteiger partial charge in [0.15, 0.2) is 5.82 Å². The largest absolute Gasteiger partial charge is 0.388 e. The van der Waals surface area contributed by atoms with Crippen molar-refractivity contribution in [2.75, 3.05) is 5.73 Å². The number of fused-ring (bicyclic) bond motifs is 1. The Hall–Kier alpha value is -1.92. The van der Waals surface area contributed by atoms with Crippen molar-refractivity contribution in [1.82, 2.24) is 14.5 Å². The summed E-state index contributed by atoms with van der Waals surface area (Å²) in [6.07, 6.45) is 3.36. The lowest BCUT2D eigenvalue weighted by molar-refractivity contribution is 0.0330. The zero-order valence-corrected chi connectivity index (χ0v) is 9.85. The van der Waals surface area contributed by atoms with Crippen LogP contribution in [-0.2, 0) is 0 Å². The monoisotopic (exact) mass is 246 g/mol. The standard InChI is InChI=1S/C12H14N4O2/c1-6-4-8(11(18)10(6)17)16-5-15-9-7(16)2-3-14-12(9)13/h2-5,8,10-11,17-18H,1H3,(H2,13,14)/t8-,10-,11+/m1/s1. The quantitative estimate of drug-likeness (QED) is 0.626. The van der Waals surface area contributed by atoms with E-state index in [0.717, 1.165) is 11.1 Å². The highest BCUT2D eigenvalue weighted by atomic mass is 16.3. The number of anilines is 1. The molecule has 1 aliphatic carbocycles. The van der Waals surface area contributed by atoms with Crippen LogP contribution in [0.15, 0.2) is 30.2 Å². The Morgan fingerprint density at radius 3 is 2.78 bits per heavy atom. The molecular formula is C12H14N4O2. The van der Waals surface area contributed by atoms with Gasteiger partial charge in [-0.1, -0.05) is 6.08 Å². The molecule has 94 valence electrons. The summed E-state index contributed by atoms with van der Waals surface area (Å²) in [6, 6.07) is 1.46. The Kier molecular flexibility index (Phi) is 2.36. The predicted octanol–water partition coefficient (Wildman–Crippen LogP) is 0.236. The Morgan fingerprint density at radius 2 is 2.11 bits per heavy atom. The molecule has 6 nitrogen and oxygen atoms in total. The average Bonchev–Trinajstić information content (AvgIpc) is 2.88. The molecule has 18 heavy (non-hydrogen) atoms. The first-order valence-corrected chi connectivity index (χ1v) is 5.71. The van der Waals surface area contributed by atoms with Crippen molar-refractivity contribution in [3.05, 3.63) is 30.2 Å². The van der Waals surface area contributed by atoms with E-state index < -0.39 is 12.2 Å². The van der Waals surface area contributed by atoms with Crippen LogP contribution >= 0.6 is 0 Å². The molecule has 0 radical (unpaired) electrons. The number of aliphatic hydroxyl groups is 2. The molecule has 2 aromatic heterocycles. The number of nitrogens with two attached hydrogens (primary N) is 1. The van der Waals surface area contributed by atoms with Crippen molar-refractivity contribution in [1.29, 1.82) is 0 Å². The van der Waals surface area contributed by atoms with Crippen molar-refractivity contribution in [3.63, 3.8) is 0 Å². The summed E-state index contributed by atoms with van der Waals surface area (Å²) in [4.78, 5) is 8.17. The lowest BCUT2D eigenvalue weighted by Gasteiger charge is -2.19. The summed E-state index contributed by atoms with van der Waals surface area (Å²) in [7, 11) is 0. The average molecular weight is 246 g/mol. The second-order valence-electron chi connectivity index (χ2n) is 4.55. The minimum Gasteiger partial charge on any atom is -0.388 e. The second-order valence-corrected chi connectivity index (χ2v) is 4.55. The van der Waals surface area contributed by atoms with Crippen LogP contribution in [0.3, 0.4) is 0 Å². The summed E-state index contributed by atoms with van der Waals surface area (Å²) < 4.78 is 1.80. The van der Waals surface area contributed by atoms with E-state index in [4.69, 9.17) is 5.73 Å². The first-order chi connectivity index (χ1) is 8.59. The third-order valence-corrected chi connectivity index (χ3v) is 3.42. The number of nitrogens with zero attached hydrogens (tertiary/aromatic N) is 3. The van der Waals surface area contributed by atoms with Gasteiger partial charge >= 0.3 is 0 Å². The van der Waals surface area contributed by atoms with Gasteiger partial charge in [0.2, 0.25) is 0 Å². The molecule has 3 atom stereocenters. The maximum atomic E-state index is 10.0. The van der Waals surface area contributed by atoms with Gasteiger partial charge in [0.25, 0.3) is 0 Å². The van der Waals surface area contributed by atoms with Crippen LogP contribution in [0.5, 0.6) is 0 Å². The van der Waals surface area contributed by atoms with Gasteiger partial charge in [-0.05, 0) is 18.6 Å². The number of aliphatic hydroxyl groups excluding tert-OH is 2. The Morgan fingerprint density at radius 1 is 1.33 bits per heavy atom. The highest BCUT2D eigenvalue weighted by Gasteiger charge is 2.34. The molecule has 6 heteroatoms. The second kappa shape index (κ2) is 3.79. The highest BCUT2D eigenvalue weighted by Crippen LogP contribution is 2.32. The first kappa shape index (κ1) is 11.2. The number of hydrogen-bond donors (Lipinski definition) is 3. The number of nitrogen functional groups attached to an aromatic ring is 1. The smallest absolute Gasteiger partial charge is 0.151 e. The Labute approximate surface area is 103 Å². The van der Waals surface area contributed by atoms with E-state index in [0.29, 0.717) is 11.3 Å². The maximum Gasteiger partial charge on any atom is 0.151 e. The molecule has 0 spiro atoms. The van der Waals surface area contributed by atoms with Crippen LogP contribution in [0.2, 0.25) is 0 Å². The van der Waals surface area contributed by atoms with Crippen LogP contribution < -0.4 is 5.73 Å². The van der Waals surface area contributed by atoms with E-state index in [2.05, 4.69) is 9.97 Å². The molecule has 0 unspecified atom stereocenters. The van der Waals surface area contributed by atoms with Crippen LogP contribution in [0, 0.1) is 0 Å². The Balaban J connectivity index is 2.14. The van der Waals surface area contributed by atoms with Crippen molar-refractivity contribution in [2.45, 2.75) is 25.2 Å². The van der Waals surface area contributed by atoms with Gasteiger partial charge in [-0.3, -0.25) is 0 Å². The number of pyridine rings is 1. The van der Waals surface area contributed by atoms with Crippen molar-refractivity contribution >= 4 is 16.9 Å². The molecule has 2 aromatic rings. The fourth-order valence-electron chi connectivity index (χ4n) is 2.39. The number of aromatic nitrogens is 3. The molecule has 0 amide bonds. The van der Waals surface area contributed by atoms with Crippen molar-refractivity contribution in [2.24, 2.45) is 0 Å². The van der Waals surface area contributed by atoms with Crippen LogP contribution in [-0.4, -0.2) is 37.0 Å². The molecule has 0 saturated heterocycles. The van der Waals surface area contributed by atoms with Crippen molar-refractivity contribution in [3.8, 4) is 0 Å². The Bertz CT molecular complexity index is 634. The summed E-state index contributed by atoms with van der Waals surface area (Å²) >= 11 is 0. The van der Waals surface area contributed by atoms with Gasteiger partial charge in [0.1, 0.15) is 17.7 Å². The zero-order valence-electron chi connectivity index (χ0n) is 9.85. The summed E-state index contributed by atoms with van der Waals surface area (Å²) in [5, 5.41) is 19.8. The van der Waals surface area contributed by atoms with Gasteiger partial charge in [-0.25, -0.2) is 9.97 Å². The molecule has 0 saturated carbocycles. The minimum absolute atomic E-state index is 0.327. The number of rotatable bonds is 1. The summed E-state index contributed by atoms with van der Waals surface area (Å²) in [5.41, 5.74) is 7.91. The topological polar surface area (TPSA) is 97.2 Å². The molecule has 3 rings (SSSR count).